The molecule has 1 heterocycles. The molecule has 0 aliphatic heterocycles. The third-order valence-corrected chi connectivity index (χ3v) is 1.64. The first kappa shape index (κ1) is 10.4. The molecule has 0 spiro atoms. The number of anilines is 1. The van der Waals surface area contributed by atoms with Gasteiger partial charge in [0.05, 0.1) is 17.7 Å². The summed E-state index contributed by atoms with van der Waals surface area (Å²) in [5, 5.41) is 13.4. The molecule has 0 aliphatic rings. The molecule has 0 radical (unpaired) electrons. The number of pyridine rings is 1. The highest BCUT2D eigenvalue weighted by atomic mass is 16.6. The molecule has 0 aliphatic carbocycles. The topological polar surface area (TPSA) is 78.5 Å². The Bertz CT molecular complexity index is 316. The van der Waals surface area contributed by atoms with E-state index in [1.807, 2.05) is 0 Å². The van der Waals surface area contributed by atoms with Gasteiger partial charge in [0.2, 0.25) is 0 Å². The van der Waals surface area contributed by atoms with Crippen molar-refractivity contribution in [2.24, 2.45) is 0 Å². The van der Waals surface area contributed by atoms with E-state index in [0.29, 0.717) is 19.0 Å². The molecule has 0 saturated heterocycles. The van der Waals surface area contributed by atoms with E-state index in [2.05, 4.69) is 10.3 Å². The second-order valence-electron chi connectivity index (χ2n) is 2.61. The number of hydrogen-bond acceptors (Lipinski definition) is 4. The van der Waals surface area contributed by atoms with Crippen LogP contribution in [-0.4, -0.2) is 25.2 Å². The van der Waals surface area contributed by atoms with Crippen LogP contribution in [0.3, 0.4) is 0 Å². The molecule has 0 unspecified atom stereocenters. The van der Waals surface area contributed by atoms with Gasteiger partial charge in [0.25, 0.3) is 0 Å². The van der Waals surface area contributed by atoms with Gasteiger partial charge in [-0.1, -0.05) is 0 Å². The first-order chi connectivity index (χ1) is 6.75. The molecule has 6 nitrogen and oxygen atoms in total. The molecule has 14 heavy (non-hydrogen) atoms. The number of aromatic amines is 1. The van der Waals surface area contributed by atoms with Crippen LogP contribution in [0.2, 0.25) is 0 Å². The van der Waals surface area contributed by atoms with Crippen molar-refractivity contribution in [1.29, 1.82) is 0 Å². The van der Waals surface area contributed by atoms with E-state index >= 15 is 0 Å². The molecular weight excluding hydrogens is 186 g/mol. The first-order valence-corrected chi connectivity index (χ1v) is 4.13. The van der Waals surface area contributed by atoms with E-state index < -0.39 is 4.92 Å². The van der Waals surface area contributed by atoms with Crippen molar-refractivity contribution < 1.29 is 14.6 Å². The summed E-state index contributed by atoms with van der Waals surface area (Å²) in [6.45, 7) is 1.03. The van der Waals surface area contributed by atoms with Gasteiger partial charge in [-0.15, -0.1) is 0 Å². The van der Waals surface area contributed by atoms with Crippen molar-refractivity contribution >= 4 is 11.5 Å². The zero-order valence-corrected chi connectivity index (χ0v) is 7.82. The predicted octanol–water partition coefficient (Wildman–Crippen LogP) is 0.467. The van der Waals surface area contributed by atoms with Crippen LogP contribution in [0.5, 0.6) is 0 Å². The Balaban J connectivity index is 2.69. The van der Waals surface area contributed by atoms with Gasteiger partial charge >= 0.3 is 11.5 Å². The third-order valence-electron chi connectivity index (χ3n) is 1.64. The number of rotatable bonds is 5. The number of hydrogen-bond donors (Lipinski definition) is 1. The molecule has 0 fully saturated rings. The van der Waals surface area contributed by atoms with Crippen LogP contribution in [0.25, 0.3) is 0 Å². The number of ether oxygens (including phenoxy) is 1. The Hall–Kier alpha value is -1.69. The van der Waals surface area contributed by atoms with Crippen LogP contribution in [-0.2, 0) is 4.74 Å². The lowest BCUT2D eigenvalue weighted by Crippen LogP contribution is -2.17. The summed E-state index contributed by atoms with van der Waals surface area (Å²) < 4.78 is 4.82. The Morgan fingerprint density at radius 3 is 3.14 bits per heavy atom. The van der Waals surface area contributed by atoms with Crippen molar-refractivity contribution in [3.05, 3.63) is 28.4 Å². The van der Waals surface area contributed by atoms with Gasteiger partial charge in [-0.05, 0) is 6.07 Å². The fourth-order valence-corrected chi connectivity index (χ4v) is 1.000. The van der Waals surface area contributed by atoms with Crippen LogP contribution in [0.15, 0.2) is 18.3 Å². The number of H-pyrrole nitrogens is 1. The van der Waals surface area contributed by atoms with Gasteiger partial charge in [0.1, 0.15) is 6.54 Å². The van der Waals surface area contributed by atoms with E-state index in [1.54, 1.807) is 19.4 Å². The number of nitrogens with zero attached hydrogens (tertiary/aromatic N) is 1. The lowest BCUT2D eigenvalue weighted by atomic mass is 10.4. The van der Waals surface area contributed by atoms with E-state index in [1.165, 1.54) is 6.07 Å². The molecular formula is C8H12N3O3+. The molecule has 0 atom stereocenters. The summed E-state index contributed by atoms with van der Waals surface area (Å²) in [5.41, 5.74) is 0.0311. The fraction of sp³-hybridized carbons (Fsp3) is 0.375. The maximum atomic E-state index is 10.6. The van der Waals surface area contributed by atoms with Crippen LogP contribution < -0.4 is 10.3 Å². The van der Waals surface area contributed by atoms with Crippen LogP contribution in [0.4, 0.5) is 11.5 Å². The molecule has 1 rings (SSSR count). The van der Waals surface area contributed by atoms with Gasteiger partial charge in [-0.2, -0.15) is 0 Å². The monoisotopic (exact) mass is 198 g/mol. The van der Waals surface area contributed by atoms with Crippen molar-refractivity contribution in [2.75, 3.05) is 25.6 Å². The quantitative estimate of drug-likeness (QED) is 0.423. The Morgan fingerprint density at radius 1 is 1.71 bits per heavy atom. The first-order valence-electron chi connectivity index (χ1n) is 4.13. The molecule has 2 N–H and O–H groups in total. The van der Waals surface area contributed by atoms with E-state index in [9.17, 15) is 10.1 Å². The Labute approximate surface area is 81.1 Å². The highest BCUT2D eigenvalue weighted by Crippen LogP contribution is 2.16. The van der Waals surface area contributed by atoms with E-state index in [0.717, 1.165) is 0 Å². The van der Waals surface area contributed by atoms with Crippen LogP contribution >= 0.6 is 0 Å². The maximum absolute atomic E-state index is 10.6. The summed E-state index contributed by atoms with van der Waals surface area (Å²) in [4.78, 5) is 12.9. The average Bonchev–Trinajstić information content (AvgIpc) is 2.19. The second kappa shape index (κ2) is 5.13. The molecule has 1 aromatic heterocycles. The lowest BCUT2D eigenvalue weighted by molar-refractivity contribution is -0.409. The maximum Gasteiger partial charge on any atom is 0.357 e. The number of nitro groups is 1. The van der Waals surface area contributed by atoms with Crippen molar-refractivity contribution in [3.8, 4) is 0 Å². The van der Waals surface area contributed by atoms with Gasteiger partial charge in [-0.25, -0.2) is 4.98 Å². The summed E-state index contributed by atoms with van der Waals surface area (Å²) in [5.74, 6) is 0.398. The number of aromatic nitrogens is 1. The summed E-state index contributed by atoms with van der Waals surface area (Å²) in [7, 11) is 1.57. The minimum absolute atomic E-state index is 0.0311. The van der Waals surface area contributed by atoms with Crippen LogP contribution in [0, 0.1) is 10.1 Å². The Morgan fingerprint density at radius 2 is 2.50 bits per heavy atom. The molecule has 0 aromatic carbocycles. The van der Waals surface area contributed by atoms with Gasteiger partial charge in [0.15, 0.2) is 0 Å². The van der Waals surface area contributed by atoms with Crippen molar-refractivity contribution in [1.82, 2.24) is 0 Å². The van der Waals surface area contributed by atoms with E-state index in [-0.39, 0.29) is 5.69 Å². The number of nitrogens with one attached hydrogen (secondary N) is 2. The highest BCUT2D eigenvalue weighted by Gasteiger charge is 2.18. The SMILES string of the molecule is COCCNc1[nH+]cccc1[N+](=O)[O-]. The molecule has 1 aromatic rings. The van der Waals surface area contributed by atoms with Crippen molar-refractivity contribution in [3.63, 3.8) is 0 Å². The zero-order valence-electron chi connectivity index (χ0n) is 7.82. The van der Waals surface area contributed by atoms with Gasteiger partial charge < -0.3 is 4.74 Å². The highest BCUT2D eigenvalue weighted by molar-refractivity contribution is 5.50. The molecule has 0 amide bonds. The minimum atomic E-state index is -0.439. The van der Waals surface area contributed by atoms with Crippen molar-refractivity contribution in [2.45, 2.75) is 0 Å². The van der Waals surface area contributed by atoms with Gasteiger partial charge in [0, 0.05) is 13.2 Å². The summed E-state index contributed by atoms with van der Waals surface area (Å²) in [6, 6.07) is 3.02. The fourth-order valence-electron chi connectivity index (χ4n) is 1.000. The largest absolute Gasteiger partial charge is 0.381 e. The minimum Gasteiger partial charge on any atom is -0.381 e. The normalized spacial score (nSPS) is 9.79. The second-order valence-corrected chi connectivity index (χ2v) is 2.61. The smallest absolute Gasteiger partial charge is 0.357 e. The molecule has 76 valence electrons. The molecule has 0 saturated carbocycles. The summed E-state index contributed by atoms with van der Waals surface area (Å²) >= 11 is 0. The molecule has 0 bridgehead atoms. The zero-order chi connectivity index (χ0) is 10.4. The van der Waals surface area contributed by atoms with E-state index in [4.69, 9.17) is 4.74 Å². The lowest BCUT2D eigenvalue weighted by Gasteiger charge is -1.98. The average molecular weight is 198 g/mol. The predicted molar refractivity (Wildman–Crippen MR) is 50.0 cm³/mol. The van der Waals surface area contributed by atoms with Gasteiger partial charge in [-0.3, -0.25) is 15.4 Å². The van der Waals surface area contributed by atoms with Crippen LogP contribution in [0.1, 0.15) is 0 Å². The summed E-state index contributed by atoms with van der Waals surface area (Å²) in [6.07, 6.45) is 1.63. The number of methoxy groups -OCH3 is 1. The third kappa shape index (κ3) is 2.67. The molecule has 6 heteroatoms. The standard InChI is InChI=1S/C8H11N3O3/c1-14-6-5-10-8-7(11(12)13)3-2-4-9-8/h2-4H,5-6H2,1H3,(H,9,10)/p+1. The Kier molecular flexibility index (Phi) is 3.81.